The quantitative estimate of drug-likeness (QED) is 0.398. The fourth-order valence-electron chi connectivity index (χ4n) is 4.21. The van der Waals surface area contributed by atoms with Gasteiger partial charge in [0.1, 0.15) is 22.7 Å². The molecule has 0 spiro atoms. The number of benzene rings is 1. The summed E-state index contributed by atoms with van der Waals surface area (Å²) < 4.78 is 40.1. The van der Waals surface area contributed by atoms with Gasteiger partial charge in [-0.1, -0.05) is 29.3 Å². The minimum absolute atomic E-state index is 0.00114. The summed E-state index contributed by atoms with van der Waals surface area (Å²) in [5.41, 5.74) is 6.41. The van der Waals surface area contributed by atoms with E-state index >= 15 is 0 Å². The van der Waals surface area contributed by atoms with Gasteiger partial charge >= 0.3 is 6.18 Å². The number of nitrogen functional groups attached to an aromatic ring is 1. The van der Waals surface area contributed by atoms with E-state index in [2.05, 4.69) is 25.3 Å². The lowest BCUT2D eigenvalue weighted by atomic mass is 9.77. The molecule has 0 fully saturated rings. The summed E-state index contributed by atoms with van der Waals surface area (Å²) in [7, 11) is 0. The molecule has 35 heavy (non-hydrogen) atoms. The Morgan fingerprint density at radius 3 is 2.69 bits per heavy atom. The molecule has 4 heterocycles. The van der Waals surface area contributed by atoms with Crippen LogP contribution in [0, 0.1) is 0 Å². The van der Waals surface area contributed by atoms with Crippen LogP contribution < -0.4 is 11.1 Å². The Bertz CT molecular complexity index is 1500. The van der Waals surface area contributed by atoms with E-state index in [4.69, 9.17) is 28.9 Å². The molecule has 0 radical (unpaired) electrons. The number of rotatable bonds is 4. The molecule has 13 heteroatoms. The van der Waals surface area contributed by atoms with Crippen molar-refractivity contribution < 1.29 is 18.0 Å². The number of hydrogen-bond donors (Lipinski definition) is 2. The zero-order valence-electron chi connectivity index (χ0n) is 18.0. The largest absolute Gasteiger partial charge is 0.389 e. The summed E-state index contributed by atoms with van der Waals surface area (Å²) in [6.45, 7) is 1.65. The van der Waals surface area contributed by atoms with Crippen LogP contribution in [-0.2, 0) is 16.6 Å². The van der Waals surface area contributed by atoms with Crippen LogP contribution >= 0.6 is 23.2 Å². The second-order valence-electron chi connectivity index (χ2n) is 8.21. The van der Waals surface area contributed by atoms with Crippen molar-refractivity contribution in [2.45, 2.75) is 31.4 Å². The SMILES string of the molecule is CC1(c2ccc(Cl)cc2Cl)C(=O)Nc2nc(-c3cn4ccnc4c(CCC(F)(F)F)n3)nc(N)c21. The highest BCUT2D eigenvalue weighted by Gasteiger charge is 2.48. The third-order valence-electron chi connectivity index (χ3n) is 5.91. The monoisotopic (exact) mass is 521 g/mol. The van der Waals surface area contributed by atoms with Crippen LogP contribution in [0.25, 0.3) is 17.2 Å². The number of hydrogen-bond acceptors (Lipinski definition) is 6. The molecule has 1 atom stereocenters. The summed E-state index contributed by atoms with van der Waals surface area (Å²) in [5.74, 6) is -0.216. The van der Waals surface area contributed by atoms with Crippen LogP contribution in [0.15, 0.2) is 36.8 Å². The van der Waals surface area contributed by atoms with E-state index in [1.165, 1.54) is 22.9 Å². The van der Waals surface area contributed by atoms with E-state index in [9.17, 15) is 18.0 Å². The minimum Gasteiger partial charge on any atom is -0.383 e. The van der Waals surface area contributed by atoms with E-state index in [1.807, 2.05) is 0 Å². The number of nitrogens with one attached hydrogen (secondary N) is 1. The number of imidazole rings is 1. The molecule has 0 bridgehead atoms. The van der Waals surface area contributed by atoms with Crippen LogP contribution in [0.1, 0.15) is 30.2 Å². The molecule has 4 aromatic rings. The van der Waals surface area contributed by atoms with Crippen molar-refractivity contribution in [2.75, 3.05) is 11.1 Å². The summed E-state index contributed by atoms with van der Waals surface area (Å²) in [5, 5.41) is 3.39. The van der Waals surface area contributed by atoms with Crippen LogP contribution in [0.2, 0.25) is 10.0 Å². The zero-order chi connectivity index (χ0) is 25.1. The molecule has 180 valence electrons. The van der Waals surface area contributed by atoms with Crippen LogP contribution in [0.3, 0.4) is 0 Å². The summed E-state index contributed by atoms with van der Waals surface area (Å²) in [6, 6.07) is 4.76. The van der Waals surface area contributed by atoms with E-state index in [0.717, 1.165) is 0 Å². The van der Waals surface area contributed by atoms with Crippen molar-refractivity contribution in [1.29, 1.82) is 0 Å². The number of anilines is 2. The maximum atomic E-state index is 13.1. The molecule has 0 saturated carbocycles. The Kier molecular flexibility index (Phi) is 5.37. The first-order valence-electron chi connectivity index (χ1n) is 10.3. The second-order valence-corrected chi connectivity index (χ2v) is 9.05. The van der Waals surface area contributed by atoms with Gasteiger partial charge in [0.15, 0.2) is 11.5 Å². The number of alkyl halides is 3. The highest BCUT2D eigenvalue weighted by atomic mass is 35.5. The van der Waals surface area contributed by atoms with Crippen LogP contribution in [-0.4, -0.2) is 36.4 Å². The van der Waals surface area contributed by atoms with Gasteiger partial charge in [-0.15, -0.1) is 0 Å². The van der Waals surface area contributed by atoms with Crippen molar-refractivity contribution in [3.63, 3.8) is 0 Å². The van der Waals surface area contributed by atoms with Gasteiger partial charge in [-0.3, -0.25) is 4.79 Å². The Hall–Kier alpha value is -3.44. The first kappa shape index (κ1) is 23.3. The van der Waals surface area contributed by atoms with Gasteiger partial charge in [-0.2, -0.15) is 13.2 Å². The molecule has 3 aromatic heterocycles. The highest BCUT2D eigenvalue weighted by molar-refractivity contribution is 6.35. The first-order chi connectivity index (χ1) is 16.5. The lowest BCUT2D eigenvalue weighted by Crippen LogP contribution is -2.33. The topological polar surface area (TPSA) is 111 Å². The number of halogens is 5. The maximum absolute atomic E-state index is 13.1. The first-order valence-corrected chi connectivity index (χ1v) is 11.1. The van der Waals surface area contributed by atoms with Gasteiger partial charge in [0.05, 0.1) is 11.3 Å². The number of aromatic nitrogens is 5. The van der Waals surface area contributed by atoms with Gasteiger partial charge in [0.25, 0.3) is 0 Å². The molecule has 1 aliphatic rings. The normalized spacial score (nSPS) is 17.6. The van der Waals surface area contributed by atoms with E-state index < -0.39 is 23.9 Å². The van der Waals surface area contributed by atoms with Gasteiger partial charge in [-0.25, -0.2) is 19.9 Å². The van der Waals surface area contributed by atoms with Gasteiger partial charge in [0.2, 0.25) is 5.91 Å². The summed E-state index contributed by atoms with van der Waals surface area (Å²) >= 11 is 12.4. The van der Waals surface area contributed by atoms with E-state index in [-0.39, 0.29) is 40.3 Å². The number of aryl methyl sites for hydroxylation is 1. The number of nitrogens with two attached hydrogens (primary N) is 1. The number of nitrogens with zero attached hydrogens (tertiary/aromatic N) is 5. The smallest absolute Gasteiger partial charge is 0.383 e. The molecule has 1 unspecified atom stereocenters. The molecule has 3 N–H and O–H groups in total. The molecule has 1 aliphatic heterocycles. The fraction of sp³-hybridized carbons (Fsp3) is 0.227. The van der Waals surface area contributed by atoms with Crippen molar-refractivity contribution in [3.8, 4) is 11.5 Å². The second kappa shape index (κ2) is 8.06. The van der Waals surface area contributed by atoms with Crippen LogP contribution in [0.4, 0.5) is 24.8 Å². The number of carbonyl (C=O) groups excluding carboxylic acids is 1. The highest BCUT2D eigenvalue weighted by Crippen LogP contribution is 2.47. The lowest BCUT2D eigenvalue weighted by Gasteiger charge is -2.24. The average molecular weight is 522 g/mol. The number of carbonyl (C=O) groups is 1. The maximum Gasteiger partial charge on any atom is 0.389 e. The molecule has 8 nitrogen and oxygen atoms in total. The summed E-state index contributed by atoms with van der Waals surface area (Å²) in [6.07, 6.45) is -1.22. The Balaban J connectivity index is 1.62. The predicted molar refractivity (Wildman–Crippen MR) is 124 cm³/mol. The summed E-state index contributed by atoms with van der Waals surface area (Å²) in [4.78, 5) is 30.3. The van der Waals surface area contributed by atoms with E-state index in [0.29, 0.717) is 21.8 Å². The van der Waals surface area contributed by atoms with E-state index in [1.54, 1.807) is 25.3 Å². The molecule has 0 aliphatic carbocycles. The van der Waals surface area contributed by atoms with Crippen molar-refractivity contribution >= 4 is 46.4 Å². The molecule has 1 aromatic carbocycles. The zero-order valence-corrected chi connectivity index (χ0v) is 19.5. The van der Waals surface area contributed by atoms with Gasteiger partial charge in [0, 0.05) is 41.5 Å². The standard InChI is InChI=1S/C22H16Cl2F3N7O/c1-21(11-3-2-10(23)8-12(11)24)15-16(28)31-17(32-18(15)33-20(21)35)14-9-34-7-6-29-19(34)13(30-14)4-5-22(25,26)27/h2-3,6-9H,4-5H2,1H3,(H3,28,31,32,33,35). The third kappa shape index (κ3) is 3.94. The van der Waals surface area contributed by atoms with Gasteiger partial charge < -0.3 is 15.5 Å². The number of fused-ring (bicyclic) bond motifs is 2. The van der Waals surface area contributed by atoms with Gasteiger partial charge in [-0.05, 0) is 24.6 Å². The Morgan fingerprint density at radius 1 is 1.20 bits per heavy atom. The molecule has 5 rings (SSSR count). The molecular formula is C22H16Cl2F3N7O. The molecular weight excluding hydrogens is 506 g/mol. The third-order valence-corrected chi connectivity index (χ3v) is 6.46. The van der Waals surface area contributed by atoms with Crippen molar-refractivity contribution in [2.24, 2.45) is 0 Å². The molecule has 1 amide bonds. The minimum atomic E-state index is -4.35. The molecule has 0 saturated heterocycles. The number of amides is 1. The average Bonchev–Trinajstić information content (AvgIpc) is 3.34. The van der Waals surface area contributed by atoms with Crippen molar-refractivity contribution in [3.05, 3.63) is 63.7 Å². The predicted octanol–water partition coefficient (Wildman–Crippen LogP) is 4.83. The Labute approximate surface area is 206 Å². The Morgan fingerprint density at radius 2 is 1.97 bits per heavy atom. The fourth-order valence-corrected chi connectivity index (χ4v) is 4.80. The lowest BCUT2D eigenvalue weighted by molar-refractivity contribution is -0.134. The van der Waals surface area contributed by atoms with Crippen molar-refractivity contribution in [1.82, 2.24) is 24.3 Å². The van der Waals surface area contributed by atoms with Crippen LogP contribution in [0.5, 0.6) is 0 Å².